The fourth-order valence-corrected chi connectivity index (χ4v) is 3.99. The molecule has 1 fully saturated rings. The van der Waals surface area contributed by atoms with Crippen molar-refractivity contribution in [3.63, 3.8) is 0 Å². The van der Waals surface area contributed by atoms with Crippen LogP contribution in [0.15, 0.2) is 35.1 Å². The molecule has 1 aromatic carbocycles. The van der Waals surface area contributed by atoms with Gasteiger partial charge in [0.2, 0.25) is 5.91 Å². The molecule has 0 spiro atoms. The molecule has 140 valence electrons. The van der Waals surface area contributed by atoms with Crippen LogP contribution in [-0.4, -0.2) is 40.2 Å². The first-order valence-electron chi connectivity index (χ1n) is 9.35. The lowest BCUT2D eigenvalue weighted by atomic mass is 9.92. The quantitative estimate of drug-likeness (QED) is 0.846. The average molecular weight is 356 g/mol. The number of aryl methyl sites for hydroxylation is 1. The third kappa shape index (κ3) is 3.68. The molecule has 1 atom stereocenters. The minimum Gasteiger partial charge on any atom is -0.375 e. The Morgan fingerprint density at radius 2 is 2.08 bits per heavy atom. The molecule has 3 rings (SSSR count). The second-order valence-corrected chi connectivity index (χ2v) is 7.69. The number of nitrogens with zero attached hydrogens (tertiary/aromatic N) is 2. The van der Waals surface area contributed by atoms with Crippen LogP contribution in [0.2, 0.25) is 0 Å². The van der Waals surface area contributed by atoms with Gasteiger partial charge in [0, 0.05) is 36.3 Å². The second kappa shape index (κ2) is 7.23. The Balaban J connectivity index is 1.89. The number of rotatable bonds is 4. The van der Waals surface area contributed by atoms with Gasteiger partial charge < -0.3 is 14.2 Å². The van der Waals surface area contributed by atoms with Crippen LogP contribution in [0.25, 0.3) is 10.9 Å². The summed E-state index contributed by atoms with van der Waals surface area (Å²) < 4.78 is 7.75. The number of carbonyl (C=O) groups excluding carboxylic acids is 1. The van der Waals surface area contributed by atoms with E-state index in [1.165, 1.54) is 0 Å². The molecule has 5 nitrogen and oxygen atoms in total. The van der Waals surface area contributed by atoms with Crippen LogP contribution < -0.4 is 5.43 Å². The fourth-order valence-electron chi connectivity index (χ4n) is 3.99. The Kier molecular flexibility index (Phi) is 5.19. The zero-order chi connectivity index (χ0) is 18.9. The standard InChI is InChI=1S/C21H28N2O3/c1-5-22(16-10-11-26-21(3,4)13-16)20(25)14-23-15(2)12-19(24)17-8-6-7-9-18(17)23/h6-9,12,16H,5,10-11,13-14H2,1-4H3/t16-/m1/s1. The van der Waals surface area contributed by atoms with Gasteiger partial charge in [0.1, 0.15) is 6.54 Å². The van der Waals surface area contributed by atoms with E-state index in [0.717, 1.165) is 24.1 Å². The van der Waals surface area contributed by atoms with E-state index in [0.29, 0.717) is 18.5 Å². The predicted octanol–water partition coefficient (Wildman–Crippen LogP) is 3.12. The summed E-state index contributed by atoms with van der Waals surface area (Å²) in [4.78, 5) is 27.3. The first-order valence-corrected chi connectivity index (χ1v) is 9.35. The van der Waals surface area contributed by atoms with E-state index >= 15 is 0 Å². The molecule has 0 radical (unpaired) electrons. The molecule has 2 heterocycles. The molecule has 0 N–H and O–H groups in total. The molecule has 1 aromatic heterocycles. The summed E-state index contributed by atoms with van der Waals surface area (Å²) in [7, 11) is 0. The summed E-state index contributed by atoms with van der Waals surface area (Å²) in [6, 6.07) is 9.29. The number of carbonyl (C=O) groups is 1. The van der Waals surface area contributed by atoms with Gasteiger partial charge >= 0.3 is 0 Å². The molecule has 2 aromatic rings. The normalized spacial score (nSPS) is 19.5. The molecular formula is C21H28N2O3. The number of fused-ring (bicyclic) bond motifs is 1. The lowest BCUT2D eigenvalue weighted by Crippen LogP contribution is -2.49. The maximum absolute atomic E-state index is 13.1. The summed E-state index contributed by atoms with van der Waals surface area (Å²) in [6.07, 6.45) is 1.71. The van der Waals surface area contributed by atoms with Crippen LogP contribution in [-0.2, 0) is 16.1 Å². The van der Waals surface area contributed by atoms with Crippen molar-refractivity contribution in [2.75, 3.05) is 13.2 Å². The van der Waals surface area contributed by atoms with Crippen molar-refractivity contribution in [2.45, 2.75) is 58.7 Å². The summed E-state index contributed by atoms with van der Waals surface area (Å²) >= 11 is 0. The van der Waals surface area contributed by atoms with Crippen molar-refractivity contribution >= 4 is 16.8 Å². The first kappa shape index (κ1) is 18.6. The maximum atomic E-state index is 13.1. The number of pyridine rings is 1. The Morgan fingerprint density at radius 1 is 1.35 bits per heavy atom. The maximum Gasteiger partial charge on any atom is 0.242 e. The van der Waals surface area contributed by atoms with Gasteiger partial charge in [0.15, 0.2) is 5.43 Å². The van der Waals surface area contributed by atoms with E-state index in [4.69, 9.17) is 4.74 Å². The highest BCUT2D eigenvalue weighted by Gasteiger charge is 2.33. The van der Waals surface area contributed by atoms with Gasteiger partial charge in [-0.1, -0.05) is 12.1 Å². The topological polar surface area (TPSA) is 51.5 Å². The van der Waals surface area contributed by atoms with Crippen LogP contribution in [0, 0.1) is 6.92 Å². The molecule has 1 amide bonds. The third-order valence-corrected chi connectivity index (χ3v) is 5.29. The Bertz CT molecular complexity index is 869. The van der Waals surface area contributed by atoms with Crippen molar-refractivity contribution in [1.82, 2.24) is 9.47 Å². The van der Waals surface area contributed by atoms with Gasteiger partial charge in [-0.05, 0) is 52.7 Å². The first-order chi connectivity index (χ1) is 12.3. The molecule has 1 saturated heterocycles. The predicted molar refractivity (Wildman–Crippen MR) is 103 cm³/mol. The van der Waals surface area contributed by atoms with E-state index in [1.54, 1.807) is 6.07 Å². The highest BCUT2D eigenvalue weighted by atomic mass is 16.5. The second-order valence-electron chi connectivity index (χ2n) is 7.69. The molecule has 1 aliphatic heterocycles. The third-order valence-electron chi connectivity index (χ3n) is 5.29. The van der Waals surface area contributed by atoms with Gasteiger partial charge in [-0.15, -0.1) is 0 Å². The number of hydrogen-bond donors (Lipinski definition) is 0. The smallest absolute Gasteiger partial charge is 0.242 e. The molecule has 0 aliphatic carbocycles. The van der Waals surface area contributed by atoms with Crippen LogP contribution in [0.4, 0.5) is 0 Å². The number of para-hydroxylation sites is 1. The zero-order valence-electron chi connectivity index (χ0n) is 16.1. The molecule has 0 bridgehead atoms. The largest absolute Gasteiger partial charge is 0.375 e. The highest BCUT2D eigenvalue weighted by Crippen LogP contribution is 2.27. The molecular weight excluding hydrogens is 328 g/mol. The zero-order valence-corrected chi connectivity index (χ0v) is 16.1. The summed E-state index contributed by atoms with van der Waals surface area (Å²) in [5.74, 6) is 0.0899. The highest BCUT2D eigenvalue weighted by molar-refractivity contribution is 5.82. The van der Waals surface area contributed by atoms with Crippen LogP contribution in [0.5, 0.6) is 0 Å². The summed E-state index contributed by atoms with van der Waals surface area (Å²) in [5.41, 5.74) is 1.43. The van der Waals surface area contributed by atoms with Crippen LogP contribution >= 0.6 is 0 Å². The van der Waals surface area contributed by atoms with E-state index < -0.39 is 0 Å². The van der Waals surface area contributed by atoms with Crippen LogP contribution in [0.1, 0.15) is 39.3 Å². The van der Waals surface area contributed by atoms with Gasteiger partial charge in [-0.3, -0.25) is 9.59 Å². The van der Waals surface area contributed by atoms with E-state index in [9.17, 15) is 9.59 Å². The molecule has 26 heavy (non-hydrogen) atoms. The van der Waals surface area contributed by atoms with Crippen molar-refractivity contribution in [3.8, 4) is 0 Å². The number of benzene rings is 1. The molecule has 0 unspecified atom stereocenters. The lowest BCUT2D eigenvalue weighted by molar-refractivity contribution is -0.140. The van der Waals surface area contributed by atoms with E-state index in [-0.39, 0.29) is 29.5 Å². The van der Waals surface area contributed by atoms with Gasteiger partial charge in [-0.25, -0.2) is 0 Å². The van der Waals surface area contributed by atoms with Gasteiger partial charge in [0.05, 0.1) is 11.1 Å². The number of amides is 1. The number of ether oxygens (including phenoxy) is 1. The van der Waals surface area contributed by atoms with Crippen molar-refractivity contribution < 1.29 is 9.53 Å². The summed E-state index contributed by atoms with van der Waals surface area (Å²) in [6.45, 7) is 9.68. The minimum absolute atomic E-state index is 0.000301. The lowest BCUT2D eigenvalue weighted by Gasteiger charge is -2.41. The summed E-state index contributed by atoms with van der Waals surface area (Å²) in [5, 5.41) is 0.654. The van der Waals surface area contributed by atoms with Gasteiger partial charge in [0.25, 0.3) is 0 Å². The van der Waals surface area contributed by atoms with Crippen LogP contribution in [0.3, 0.4) is 0 Å². The SMILES string of the molecule is CCN(C(=O)Cn1c(C)cc(=O)c2ccccc21)[C@@H]1CCOC(C)(C)C1. The fraction of sp³-hybridized carbons (Fsp3) is 0.524. The Morgan fingerprint density at radius 3 is 2.77 bits per heavy atom. The molecule has 0 saturated carbocycles. The number of likely N-dealkylation sites (N-methyl/N-ethyl adjacent to an activating group) is 1. The number of aromatic nitrogens is 1. The van der Waals surface area contributed by atoms with Crippen molar-refractivity contribution in [1.29, 1.82) is 0 Å². The van der Waals surface area contributed by atoms with Crippen molar-refractivity contribution in [3.05, 3.63) is 46.2 Å². The number of hydrogen-bond acceptors (Lipinski definition) is 3. The van der Waals surface area contributed by atoms with Crippen molar-refractivity contribution in [2.24, 2.45) is 0 Å². The molecule has 5 heteroatoms. The minimum atomic E-state index is -0.198. The van der Waals surface area contributed by atoms with E-state index in [1.807, 2.05) is 47.6 Å². The van der Waals surface area contributed by atoms with Gasteiger partial charge in [-0.2, -0.15) is 0 Å². The van der Waals surface area contributed by atoms with E-state index in [2.05, 4.69) is 13.8 Å². The monoisotopic (exact) mass is 356 g/mol. The Hall–Kier alpha value is -2.14. The molecule has 1 aliphatic rings. The average Bonchev–Trinajstić information content (AvgIpc) is 2.58. The Labute approximate surface area is 154 Å².